The third-order valence-electron chi connectivity index (χ3n) is 4.93. The average molecular weight is 430 g/mol. The number of aromatic nitrogens is 3. The molecule has 0 saturated carbocycles. The highest BCUT2D eigenvalue weighted by Crippen LogP contribution is 2.19. The van der Waals surface area contributed by atoms with Crippen molar-refractivity contribution in [1.29, 1.82) is 0 Å². The number of morpholine rings is 1. The van der Waals surface area contributed by atoms with Crippen molar-refractivity contribution < 1.29 is 14.3 Å². The lowest BCUT2D eigenvalue weighted by atomic mass is 10.2. The van der Waals surface area contributed by atoms with Gasteiger partial charge < -0.3 is 19.8 Å². The number of benzene rings is 1. The summed E-state index contributed by atoms with van der Waals surface area (Å²) in [5.41, 5.74) is 0.671. The number of aromatic amines is 1. The van der Waals surface area contributed by atoms with Gasteiger partial charge in [0.1, 0.15) is 11.4 Å². The summed E-state index contributed by atoms with van der Waals surface area (Å²) in [7, 11) is 0. The first-order chi connectivity index (χ1) is 15.0. The van der Waals surface area contributed by atoms with Crippen molar-refractivity contribution in [1.82, 2.24) is 25.4 Å². The van der Waals surface area contributed by atoms with E-state index in [9.17, 15) is 9.59 Å². The average Bonchev–Trinajstić information content (AvgIpc) is 2.77. The molecule has 9 nitrogen and oxygen atoms in total. The van der Waals surface area contributed by atoms with Gasteiger partial charge in [0, 0.05) is 38.0 Å². The molecule has 31 heavy (non-hydrogen) atoms. The van der Waals surface area contributed by atoms with Crippen molar-refractivity contribution in [2.45, 2.75) is 39.2 Å². The summed E-state index contributed by atoms with van der Waals surface area (Å²) < 4.78 is 10.9. The van der Waals surface area contributed by atoms with Crippen molar-refractivity contribution in [3.63, 3.8) is 0 Å². The fourth-order valence-corrected chi connectivity index (χ4v) is 3.29. The molecule has 9 heteroatoms. The Morgan fingerprint density at radius 2 is 1.97 bits per heavy atom. The standard InChI is InChI=1S/C22H31N5O4/c1-16(2)31-18-6-4-17(5-7-18)21-24-22(29)19(25-26-21)8-9-20(28)23-10-3-11-27-12-14-30-15-13-27/h4-7,16H,3,8-15H2,1-2H3,(H,23,28)(H,24,26,29). The summed E-state index contributed by atoms with van der Waals surface area (Å²) in [4.78, 5) is 29.5. The van der Waals surface area contributed by atoms with E-state index in [4.69, 9.17) is 9.47 Å². The maximum absolute atomic E-state index is 12.3. The molecule has 1 aliphatic heterocycles. The Kier molecular flexibility index (Phi) is 8.54. The molecule has 0 unspecified atom stereocenters. The zero-order valence-corrected chi connectivity index (χ0v) is 18.2. The first-order valence-electron chi connectivity index (χ1n) is 10.8. The molecule has 1 saturated heterocycles. The van der Waals surface area contributed by atoms with E-state index in [1.165, 1.54) is 0 Å². The van der Waals surface area contributed by atoms with E-state index >= 15 is 0 Å². The normalized spacial score (nSPS) is 14.5. The van der Waals surface area contributed by atoms with Gasteiger partial charge in [0.2, 0.25) is 5.91 Å². The first kappa shape index (κ1) is 22.9. The highest BCUT2D eigenvalue weighted by atomic mass is 16.5. The number of H-pyrrole nitrogens is 1. The summed E-state index contributed by atoms with van der Waals surface area (Å²) >= 11 is 0. The van der Waals surface area contributed by atoms with Crippen molar-refractivity contribution in [2.24, 2.45) is 0 Å². The van der Waals surface area contributed by atoms with Crippen LogP contribution in [0.4, 0.5) is 0 Å². The number of amides is 1. The van der Waals surface area contributed by atoms with Crippen LogP contribution in [-0.2, 0) is 16.0 Å². The summed E-state index contributed by atoms with van der Waals surface area (Å²) in [6, 6.07) is 7.29. The fraction of sp³-hybridized carbons (Fsp3) is 0.545. The maximum atomic E-state index is 12.3. The lowest BCUT2D eigenvalue weighted by Crippen LogP contribution is -2.38. The number of nitrogens with zero attached hydrogens (tertiary/aromatic N) is 3. The first-order valence-corrected chi connectivity index (χ1v) is 10.8. The smallest absolute Gasteiger partial charge is 0.273 e. The van der Waals surface area contributed by atoms with Crippen LogP contribution in [0.15, 0.2) is 29.1 Å². The zero-order chi connectivity index (χ0) is 22.1. The molecule has 3 rings (SSSR count). The van der Waals surface area contributed by atoms with E-state index in [0.717, 1.165) is 50.6 Å². The highest BCUT2D eigenvalue weighted by Gasteiger charge is 2.11. The lowest BCUT2D eigenvalue weighted by molar-refractivity contribution is -0.121. The predicted molar refractivity (Wildman–Crippen MR) is 117 cm³/mol. The summed E-state index contributed by atoms with van der Waals surface area (Å²) in [5.74, 6) is 1.05. The highest BCUT2D eigenvalue weighted by molar-refractivity contribution is 5.76. The Morgan fingerprint density at radius 3 is 2.65 bits per heavy atom. The largest absolute Gasteiger partial charge is 0.491 e. The molecular weight excluding hydrogens is 398 g/mol. The van der Waals surface area contributed by atoms with Gasteiger partial charge in [0.05, 0.1) is 19.3 Å². The molecule has 1 aromatic heterocycles. The van der Waals surface area contributed by atoms with E-state index in [1.807, 2.05) is 38.1 Å². The molecule has 1 aliphatic rings. The minimum absolute atomic E-state index is 0.0895. The number of hydrogen-bond acceptors (Lipinski definition) is 7. The molecule has 1 amide bonds. The van der Waals surface area contributed by atoms with Gasteiger partial charge in [-0.15, -0.1) is 10.2 Å². The Labute approximate surface area is 182 Å². The SMILES string of the molecule is CC(C)Oc1ccc(-c2nnc(CCC(=O)NCCCN3CCOCC3)c(=O)[nH]2)cc1. The van der Waals surface area contributed by atoms with E-state index < -0.39 is 0 Å². The van der Waals surface area contributed by atoms with Crippen LogP contribution in [0.2, 0.25) is 0 Å². The van der Waals surface area contributed by atoms with Crippen molar-refractivity contribution in [3.8, 4) is 17.1 Å². The lowest BCUT2D eigenvalue weighted by Gasteiger charge is -2.26. The van der Waals surface area contributed by atoms with Gasteiger partial charge in [0.25, 0.3) is 5.56 Å². The number of nitrogens with one attached hydrogen (secondary N) is 2. The minimum atomic E-state index is -0.326. The van der Waals surface area contributed by atoms with E-state index in [0.29, 0.717) is 12.4 Å². The monoisotopic (exact) mass is 429 g/mol. The topological polar surface area (TPSA) is 109 Å². The molecule has 0 spiro atoms. The van der Waals surface area contributed by atoms with Gasteiger partial charge in [-0.1, -0.05) is 0 Å². The summed E-state index contributed by atoms with van der Waals surface area (Å²) in [6.45, 7) is 8.93. The quantitative estimate of drug-likeness (QED) is 0.549. The molecule has 1 aromatic carbocycles. The van der Waals surface area contributed by atoms with Crippen LogP contribution >= 0.6 is 0 Å². The van der Waals surface area contributed by atoms with Crippen LogP contribution in [0.5, 0.6) is 5.75 Å². The molecule has 2 N–H and O–H groups in total. The molecule has 168 valence electrons. The molecule has 1 fully saturated rings. The fourth-order valence-electron chi connectivity index (χ4n) is 3.29. The second kappa shape index (κ2) is 11.6. The Morgan fingerprint density at radius 1 is 1.23 bits per heavy atom. The number of aryl methyl sites for hydroxylation is 1. The molecule has 2 aromatic rings. The van der Waals surface area contributed by atoms with E-state index in [2.05, 4.69) is 25.4 Å². The van der Waals surface area contributed by atoms with Crippen LogP contribution in [0.3, 0.4) is 0 Å². The molecule has 0 bridgehead atoms. The minimum Gasteiger partial charge on any atom is -0.491 e. The number of carbonyl (C=O) groups is 1. The third-order valence-corrected chi connectivity index (χ3v) is 4.93. The van der Waals surface area contributed by atoms with Gasteiger partial charge in [0.15, 0.2) is 5.82 Å². The Balaban J connectivity index is 1.43. The number of rotatable bonds is 10. The number of hydrogen-bond donors (Lipinski definition) is 2. The maximum Gasteiger partial charge on any atom is 0.273 e. The van der Waals surface area contributed by atoms with Crippen LogP contribution in [0.25, 0.3) is 11.4 Å². The van der Waals surface area contributed by atoms with E-state index in [-0.39, 0.29) is 36.1 Å². The van der Waals surface area contributed by atoms with Gasteiger partial charge in [-0.3, -0.25) is 14.5 Å². The zero-order valence-electron chi connectivity index (χ0n) is 18.2. The van der Waals surface area contributed by atoms with E-state index in [1.54, 1.807) is 0 Å². The van der Waals surface area contributed by atoms with Crippen molar-refractivity contribution in [3.05, 3.63) is 40.3 Å². The van der Waals surface area contributed by atoms with Crippen LogP contribution in [-0.4, -0.2) is 71.5 Å². The predicted octanol–water partition coefficient (Wildman–Crippen LogP) is 1.39. The van der Waals surface area contributed by atoms with Gasteiger partial charge >= 0.3 is 0 Å². The van der Waals surface area contributed by atoms with Crippen LogP contribution in [0.1, 0.15) is 32.4 Å². The van der Waals surface area contributed by atoms with Gasteiger partial charge in [-0.25, -0.2) is 0 Å². The Bertz CT molecular complexity index is 892. The summed E-state index contributed by atoms with van der Waals surface area (Å²) in [5, 5.41) is 11.0. The van der Waals surface area contributed by atoms with Crippen molar-refractivity contribution >= 4 is 5.91 Å². The molecule has 0 atom stereocenters. The molecule has 0 radical (unpaired) electrons. The second-order valence-corrected chi connectivity index (χ2v) is 7.80. The van der Waals surface area contributed by atoms with Gasteiger partial charge in [-0.2, -0.15) is 0 Å². The Hall–Kier alpha value is -2.78. The molecular formula is C22H31N5O4. The second-order valence-electron chi connectivity index (χ2n) is 7.80. The third kappa shape index (κ3) is 7.45. The van der Waals surface area contributed by atoms with Gasteiger partial charge in [-0.05, 0) is 51.1 Å². The number of carbonyl (C=O) groups excluding carboxylic acids is 1. The van der Waals surface area contributed by atoms with Crippen LogP contribution in [0, 0.1) is 0 Å². The number of ether oxygens (including phenoxy) is 2. The van der Waals surface area contributed by atoms with Crippen LogP contribution < -0.4 is 15.6 Å². The molecule has 2 heterocycles. The van der Waals surface area contributed by atoms with Crippen molar-refractivity contribution in [2.75, 3.05) is 39.4 Å². The summed E-state index contributed by atoms with van der Waals surface area (Å²) in [6.07, 6.45) is 1.43. The molecule has 0 aliphatic carbocycles.